The molecule has 1 heterocycles. The zero-order chi connectivity index (χ0) is 13.8. The molecule has 0 radical (unpaired) electrons. The van der Waals surface area contributed by atoms with E-state index in [-0.39, 0.29) is 5.91 Å². The quantitative estimate of drug-likeness (QED) is 0.917. The zero-order valence-electron chi connectivity index (χ0n) is 11.4. The van der Waals surface area contributed by atoms with Gasteiger partial charge in [-0.15, -0.1) is 0 Å². The number of carbonyl (C=O) groups is 1. The molecule has 0 spiro atoms. The molecule has 2 rings (SSSR count). The normalized spacial score (nSPS) is 10.7. The van der Waals surface area contributed by atoms with Gasteiger partial charge in [0.05, 0.1) is 12.2 Å². The van der Waals surface area contributed by atoms with Crippen molar-refractivity contribution >= 4 is 5.91 Å². The average Bonchev–Trinajstić information content (AvgIpc) is 2.81. The fourth-order valence-corrected chi connectivity index (χ4v) is 1.78. The lowest BCUT2D eigenvalue weighted by Crippen LogP contribution is -2.22. The van der Waals surface area contributed by atoms with Crippen molar-refractivity contribution in [2.75, 3.05) is 0 Å². The lowest BCUT2D eigenvalue weighted by atomic mass is 10.0. The summed E-state index contributed by atoms with van der Waals surface area (Å²) in [5, 5.41) is 2.82. The smallest absolute Gasteiger partial charge is 0.251 e. The number of hydrogen-bond donors (Lipinski definition) is 1. The summed E-state index contributed by atoms with van der Waals surface area (Å²) >= 11 is 0. The molecule has 4 heteroatoms. The first kappa shape index (κ1) is 13.3. The van der Waals surface area contributed by atoms with Gasteiger partial charge in [0, 0.05) is 5.56 Å². The van der Waals surface area contributed by atoms with E-state index in [0.717, 1.165) is 5.69 Å². The van der Waals surface area contributed by atoms with Gasteiger partial charge in [-0.25, -0.2) is 4.98 Å². The second-order valence-corrected chi connectivity index (χ2v) is 4.82. The third kappa shape index (κ3) is 3.22. The molecule has 0 unspecified atom stereocenters. The summed E-state index contributed by atoms with van der Waals surface area (Å²) in [4.78, 5) is 15.9. The molecule has 0 bridgehead atoms. The standard InChI is InChI=1S/C15H18N2O2/c1-10(2)12-4-6-13(7-5-12)15(18)16-8-14-11(3)17-9-19-14/h4-7,9-10H,8H2,1-3H3,(H,16,18). The van der Waals surface area contributed by atoms with Crippen LogP contribution in [-0.2, 0) is 6.54 Å². The minimum Gasteiger partial charge on any atom is -0.446 e. The van der Waals surface area contributed by atoms with Crippen molar-refractivity contribution in [1.82, 2.24) is 10.3 Å². The van der Waals surface area contributed by atoms with Crippen molar-refractivity contribution in [2.24, 2.45) is 0 Å². The van der Waals surface area contributed by atoms with Crippen LogP contribution in [-0.4, -0.2) is 10.9 Å². The van der Waals surface area contributed by atoms with Crippen LogP contribution in [0.3, 0.4) is 0 Å². The molecule has 0 fully saturated rings. The van der Waals surface area contributed by atoms with Gasteiger partial charge >= 0.3 is 0 Å². The van der Waals surface area contributed by atoms with E-state index in [9.17, 15) is 4.79 Å². The van der Waals surface area contributed by atoms with E-state index in [1.54, 1.807) is 0 Å². The number of rotatable bonds is 4. The summed E-state index contributed by atoms with van der Waals surface area (Å²) in [6, 6.07) is 7.66. The lowest BCUT2D eigenvalue weighted by Gasteiger charge is -2.07. The Labute approximate surface area is 112 Å². The number of nitrogens with zero attached hydrogens (tertiary/aromatic N) is 1. The summed E-state index contributed by atoms with van der Waals surface area (Å²) in [7, 11) is 0. The molecule has 2 aromatic rings. The maximum atomic E-state index is 12.0. The third-order valence-electron chi connectivity index (χ3n) is 3.09. The van der Waals surface area contributed by atoms with Gasteiger partial charge in [-0.2, -0.15) is 0 Å². The van der Waals surface area contributed by atoms with Gasteiger partial charge in [-0.3, -0.25) is 4.79 Å². The maximum Gasteiger partial charge on any atom is 0.251 e. The first-order valence-electron chi connectivity index (χ1n) is 6.35. The van der Waals surface area contributed by atoms with Crippen LogP contribution in [0.25, 0.3) is 0 Å². The Kier molecular flexibility index (Phi) is 4.00. The number of hydrogen-bond acceptors (Lipinski definition) is 3. The van der Waals surface area contributed by atoms with Gasteiger partial charge in [0.1, 0.15) is 5.76 Å². The van der Waals surface area contributed by atoms with E-state index in [2.05, 4.69) is 24.1 Å². The summed E-state index contributed by atoms with van der Waals surface area (Å²) in [6.45, 7) is 6.46. The molecule has 0 aliphatic carbocycles. The zero-order valence-corrected chi connectivity index (χ0v) is 11.4. The maximum absolute atomic E-state index is 12.0. The number of carbonyl (C=O) groups excluding carboxylic acids is 1. The van der Waals surface area contributed by atoms with Gasteiger partial charge < -0.3 is 9.73 Å². The van der Waals surface area contributed by atoms with Crippen molar-refractivity contribution in [3.05, 3.63) is 53.2 Å². The van der Waals surface area contributed by atoms with E-state index in [1.807, 2.05) is 31.2 Å². The van der Waals surface area contributed by atoms with Crippen molar-refractivity contribution in [1.29, 1.82) is 0 Å². The Balaban J connectivity index is 1.98. The molecule has 0 aliphatic heterocycles. The number of aromatic nitrogens is 1. The molecule has 1 amide bonds. The minimum absolute atomic E-state index is 0.105. The first-order valence-corrected chi connectivity index (χ1v) is 6.35. The summed E-state index contributed by atoms with van der Waals surface area (Å²) in [5.41, 5.74) is 2.68. The molecule has 0 atom stereocenters. The van der Waals surface area contributed by atoms with Gasteiger partial charge in [0.2, 0.25) is 0 Å². The third-order valence-corrected chi connectivity index (χ3v) is 3.09. The molecule has 19 heavy (non-hydrogen) atoms. The predicted octanol–water partition coefficient (Wildman–Crippen LogP) is 3.04. The molecule has 0 saturated carbocycles. The monoisotopic (exact) mass is 258 g/mol. The molecule has 1 aromatic carbocycles. The molecule has 0 saturated heterocycles. The Morgan fingerprint density at radius 3 is 2.53 bits per heavy atom. The SMILES string of the molecule is Cc1ncoc1CNC(=O)c1ccc(C(C)C)cc1. The largest absolute Gasteiger partial charge is 0.446 e. The Hall–Kier alpha value is -2.10. The van der Waals surface area contributed by atoms with Crippen LogP contribution in [0.5, 0.6) is 0 Å². The van der Waals surface area contributed by atoms with Gasteiger partial charge in [0.25, 0.3) is 5.91 Å². The van der Waals surface area contributed by atoms with Crippen LogP contribution in [0.4, 0.5) is 0 Å². The fraction of sp³-hybridized carbons (Fsp3) is 0.333. The van der Waals surface area contributed by atoms with Crippen LogP contribution in [0.1, 0.15) is 47.1 Å². The Morgan fingerprint density at radius 1 is 1.32 bits per heavy atom. The molecule has 100 valence electrons. The van der Waals surface area contributed by atoms with Gasteiger partial charge in [-0.05, 0) is 30.5 Å². The van der Waals surface area contributed by atoms with Crippen LogP contribution in [0, 0.1) is 6.92 Å². The van der Waals surface area contributed by atoms with Gasteiger partial charge in [0.15, 0.2) is 6.39 Å². The second-order valence-electron chi connectivity index (χ2n) is 4.82. The van der Waals surface area contributed by atoms with Crippen molar-refractivity contribution in [3.8, 4) is 0 Å². The van der Waals surface area contributed by atoms with E-state index in [1.165, 1.54) is 12.0 Å². The van der Waals surface area contributed by atoms with E-state index in [0.29, 0.717) is 23.8 Å². The highest BCUT2D eigenvalue weighted by Gasteiger charge is 2.09. The van der Waals surface area contributed by atoms with Crippen LogP contribution < -0.4 is 5.32 Å². The summed E-state index contributed by atoms with van der Waals surface area (Å²) in [6.07, 6.45) is 1.38. The van der Waals surface area contributed by atoms with Crippen molar-refractivity contribution in [2.45, 2.75) is 33.2 Å². The van der Waals surface area contributed by atoms with Crippen molar-refractivity contribution < 1.29 is 9.21 Å². The Morgan fingerprint density at radius 2 is 2.00 bits per heavy atom. The summed E-state index contributed by atoms with van der Waals surface area (Å²) < 4.78 is 5.18. The predicted molar refractivity (Wildman–Crippen MR) is 72.9 cm³/mol. The molecule has 0 aliphatic rings. The number of nitrogens with one attached hydrogen (secondary N) is 1. The lowest BCUT2D eigenvalue weighted by molar-refractivity contribution is 0.0948. The molecule has 1 aromatic heterocycles. The van der Waals surface area contributed by atoms with E-state index < -0.39 is 0 Å². The van der Waals surface area contributed by atoms with E-state index in [4.69, 9.17) is 4.42 Å². The highest BCUT2D eigenvalue weighted by Crippen LogP contribution is 2.14. The number of aryl methyl sites for hydroxylation is 1. The minimum atomic E-state index is -0.105. The molecular formula is C15H18N2O2. The second kappa shape index (κ2) is 5.69. The summed E-state index contributed by atoms with van der Waals surface area (Å²) in [5.74, 6) is 1.05. The van der Waals surface area contributed by atoms with Crippen molar-refractivity contribution in [3.63, 3.8) is 0 Å². The molecule has 4 nitrogen and oxygen atoms in total. The highest BCUT2D eigenvalue weighted by molar-refractivity contribution is 5.94. The first-order chi connectivity index (χ1) is 9.08. The molecular weight excluding hydrogens is 240 g/mol. The highest BCUT2D eigenvalue weighted by atomic mass is 16.3. The van der Waals surface area contributed by atoms with E-state index >= 15 is 0 Å². The fourth-order valence-electron chi connectivity index (χ4n) is 1.78. The van der Waals surface area contributed by atoms with Crippen LogP contribution >= 0.6 is 0 Å². The topological polar surface area (TPSA) is 55.1 Å². The number of amides is 1. The molecule has 1 N–H and O–H groups in total. The van der Waals surface area contributed by atoms with Crippen LogP contribution in [0.2, 0.25) is 0 Å². The Bertz CT molecular complexity index is 556. The van der Waals surface area contributed by atoms with Gasteiger partial charge in [-0.1, -0.05) is 26.0 Å². The number of oxazole rings is 1. The number of benzene rings is 1. The average molecular weight is 258 g/mol. The van der Waals surface area contributed by atoms with Crippen LogP contribution in [0.15, 0.2) is 35.1 Å².